The van der Waals surface area contributed by atoms with Gasteiger partial charge in [-0.05, 0) is 67.7 Å². The molecule has 5 heteroatoms. The number of carbonyl (C=O) groups is 1. The number of piperidine rings is 1. The van der Waals surface area contributed by atoms with Crippen molar-refractivity contribution in [3.8, 4) is 0 Å². The van der Waals surface area contributed by atoms with Gasteiger partial charge >= 0.3 is 0 Å². The fraction of sp³-hybridized carbons (Fsp3) is 0.350. The summed E-state index contributed by atoms with van der Waals surface area (Å²) in [5.74, 6) is 0.681. The SMILES string of the molecule is CC1CCN(Cc2ccc(C(=O)Nc3ccc(Cl)c(Cl)c3)cc2)CC1. The molecule has 25 heavy (non-hydrogen) atoms. The van der Waals surface area contributed by atoms with Crippen LogP contribution in [0.2, 0.25) is 10.0 Å². The highest BCUT2D eigenvalue weighted by Crippen LogP contribution is 2.25. The molecular weight excluding hydrogens is 355 g/mol. The molecule has 0 saturated carbocycles. The highest BCUT2D eigenvalue weighted by molar-refractivity contribution is 6.42. The summed E-state index contributed by atoms with van der Waals surface area (Å²) in [6.45, 7) is 5.57. The molecule has 0 radical (unpaired) electrons. The van der Waals surface area contributed by atoms with Gasteiger partial charge in [0, 0.05) is 17.8 Å². The second-order valence-electron chi connectivity index (χ2n) is 6.74. The average Bonchev–Trinajstić information content (AvgIpc) is 2.61. The van der Waals surface area contributed by atoms with E-state index in [1.54, 1.807) is 18.2 Å². The van der Waals surface area contributed by atoms with E-state index in [-0.39, 0.29) is 5.91 Å². The van der Waals surface area contributed by atoms with E-state index in [9.17, 15) is 4.79 Å². The van der Waals surface area contributed by atoms with Crippen molar-refractivity contribution in [3.05, 3.63) is 63.6 Å². The van der Waals surface area contributed by atoms with E-state index in [1.807, 2.05) is 24.3 Å². The molecule has 3 rings (SSSR count). The number of likely N-dealkylation sites (tertiary alicyclic amines) is 1. The molecule has 2 aromatic rings. The maximum absolute atomic E-state index is 12.4. The molecule has 0 bridgehead atoms. The Balaban J connectivity index is 1.59. The average molecular weight is 377 g/mol. The minimum Gasteiger partial charge on any atom is -0.322 e. The third kappa shape index (κ3) is 4.97. The van der Waals surface area contributed by atoms with Crippen LogP contribution in [0.4, 0.5) is 5.69 Å². The van der Waals surface area contributed by atoms with Crippen molar-refractivity contribution in [2.45, 2.75) is 26.3 Å². The molecule has 2 aromatic carbocycles. The smallest absolute Gasteiger partial charge is 0.255 e. The van der Waals surface area contributed by atoms with Gasteiger partial charge in [-0.25, -0.2) is 0 Å². The van der Waals surface area contributed by atoms with Gasteiger partial charge in [-0.15, -0.1) is 0 Å². The highest BCUT2D eigenvalue weighted by atomic mass is 35.5. The Labute approximate surface area is 158 Å². The number of nitrogens with one attached hydrogen (secondary N) is 1. The summed E-state index contributed by atoms with van der Waals surface area (Å²) in [6.07, 6.45) is 2.54. The van der Waals surface area contributed by atoms with Crippen molar-refractivity contribution in [1.29, 1.82) is 0 Å². The molecule has 132 valence electrons. The largest absolute Gasteiger partial charge is 0.322 e. The number of rotatable bonds is 4. The number of halogens is 2. The van der Waals surface area contributed by atoms with Crippen molar-refractivity contribution in [1.82, 2.24) is 4.90 Å². The van der Waals surface area contributed by atoms with Crippen molar-refractivity contribution < 1.29 is 4.79 Å². The second-order valence-corrected chi connectivity index (χ2v) is 7.55. The number of amides is 1. The first-order chi connectivity index (χ1) is 12.0. The van der Waals surface area contributed by atoms with Crippen molar-refractivity contribution in [3.63, 3.8) is 0 Å². The van der Waals surface area contributed by atoms with Crippen LogP contribution < -0.4 is 5.32 Å². The van der Waals surface area contributed by atoms with Gasteiger partial charge in [0.25, 0.3) is 5.91 Å². The minimum absolute atomic E-state index is 0.156. The van der Waals surface area contributed by atoms with Crippen molar-refractivity contribution in [2.75, 3.05) is 18.4 Å². The molecule has 1 aliphatic heterocycles. The molecule has 0 spiro atoms. The predicted molar refractivity (Wildman–Crippen MR) is 105 cm³/mol. The van der Waals surface area contributed by atoms with Crippen LogP contribution in [-0.2, 0) is 6.54 Å². The number of carbonyl (C=O) groups excluding carboxylic acids is 1. The van der Waals surface area contributed by atoms with Crippen LogP contribution in [0.3, 0.4) is 0 Å². The van der Waals surface area contributed by atoms with E-state index < -0.39 is 0 Å². The Kier molecular flexibility index (Phi) is 6.00. The van der Waals surface area contributed by atoms with Crippen LogP contribution in [0.1, 0.15) is 35.7 Å². The van der Waals surface area contributed by atoms with Crippen LogP contribution in [0, 0.1) is 5.92 Å². The zero-order valence-corrected chi connectivity index (χ0v) is 15.8. The fourth-order valence-electron chi connectivity index (χ4n) is 3.02. The summed E-state index contributed by atoms with van der Waals surface area (Å²) in [5.41, 5.74) is 2.49. The minimum atomic E-state index is -0.156. The van der Waals surface area contributed by atoms with Crippen LogP contribution in [0.25, 0.3) is 0 Å². The number of hydrogen-bond acceptors (Lipinski definition) is 2. The standard InChI is InChI=1S/C20H22Cl2N2O/c1-14-8-10-24(11-9-14)13-15-2-4-16(5-3-15)20(25)23-17-6-7-18(21)19(22)12-17/h2-7,12,14H,8-11,13H2,1H3,(H,23,25). The predicted octanol–water partition coefficient (Wildman–Crippen LogP) is 5.48. The van der Waals surface area contributed by atoms with E-state index in [0.29, 0.717) is 21.3 Å². The zero-order chi connectivity index (χ0) is 17.8. The Morgan fingerprint density at radius 3 is 2.40 bits per heavy atom. The maximum Gasteiger partial charge on any atom is 0.255 e. The molecule has 0 aromatic heterocycles. The van der Waals surface area contributed by atoms with Crippen LogP contribution in [0.15, 0.2) is 42.5 Å². The topological polar surface area (TPSA) is 32.3 Å². The molecule has 1 heterocycles. The van der Waals surface area contributed by atoms with Gasteiger partial charge in [0.15, 0.2) is 0 Å². The summed E-state index contributed by atoms with van der Waals surface area (Å²) in [6, 6.07) is 12.8. The zero-order valence-electron chi connectivity index (χ0n) is 14.3. The summed E-state index contributed by atoms with van der Waals surface area (Å²) < 4.78 is 0. The van der Waals surface area contributed by atoms with Crippen LogP contribution in [-0.4, -0.2) is 23.9 Å². The van der Waals surface area contributed by atoms with E-state index in [1.165, 1.54) is 18.4 Å². The Hall–Kier alpha value is -1.55. The Morgan fingerprint density at radius 1 is 1.08 bits per heavy atom. The molecule has 1 N–H and O–H groups in total. The molecule has 1 saturated heterocycles. The molecule has 3 nitrogen and oxygen atoms in total. The summed E-state index contributed by atoms with van der Waals surface area (Å²) >= 11 is 11.9. The van der Waals surface area contributed by atoms with E-state index in [0.717, 1.165) is 25.6 Å². The summed E-state index contributed by atoms with van der Waals surface area (Å²) in [4.78, 5) is 14.8. The van der Waals surface area contributed by atoms with Gasteiger partial charge in [-0.2, -0.15) is 0 Å². The van der Waals surface area contributed by atoms with Gasteiger partial charge in [0.05, 0.1) is 10.0 Å². The van der Waals surface area contributed by atoms with Gasteiger partial charge in [0.2, 0.25) is 0 Å². The van der Waals surface area contributed by atoms with Gasteiger partial charge in [0.1, 0.15) is 0 Å². The molecule has 0 unspecified atom stereocenters. The first-order valence-electron chi connectivity index (χ1n) is 8.59. The maximum atomic E-state index is 12.4. The molecule has 1 amide bonds. The van der Waals surface area contributed by atoms with Gasteiger partial charge in [-0.3, -0.25) is 9.69 Å². The summed E-state index contributed by atoms with van der Waals surface area (Å²) in [5, 5.41) is 3.73. The number of benzene rings is 2. The Morgan fingerprint density at radius 2 is 1.76 bits per heavy atom. The molecule has 0 atom stereocenters. The molecule has 0 aliphatic carbocycles. The Bertz CT molecular complexity index is 738. The third-order valence-corrected chi connectivity index (χ3v) is 5.42. The number of anilines is 1. The lowest BCUT2D eigenvalue weighted by Gasteiger charge is -2.30. The monoisotopic (exact) mass is 376 g/mol. The first kappa shape index (κ1) is 18.2. The fourth-order valence-corrected chi connectivity index (χ4v) is 3.32. The number of hydrogen-bond donors (Lipinski definition) is 1. The van der Waals surface area contributed by atoms with Gasteiger partial charge < -0.3 is 5.32 Å². The lowest BCUT2D eigenvalue weighted by Crippen LogP contribution is -2.32. The molecular formula is C20H22Cl2N2O. The lowest BCUT2D eigenvalue weighted by molar-refractivity contribution is 0.102. The van der Waals surface area contributed by atoms with E-state index in [4.69, 9.17) is 23.2 Å². The second kappa shape index (κ2) is 8.22. The van der Waals surface area contributed by atoms with E-state index in [2.05, 4.69) is 17.1 Å². The van der Waals surface area contributed by atoms with Crippen molar-refractivity contribution in [2.24, 2.45) is 5.92 Å². The molecule has 1 fully saturated rings. The highest BCUT2D eigenvalue weighted by Gasteiger charge is 2.16. The van der Waals surface area contributed by atoms with E-state index >= 15 is 0 Å². The quantitative estimate of drug-likeness (QED) is 0.766. The summed E-state index contributed by atoms with van der Waals surface area (Å²) in [7, 11) is 0. The van der Waals surface area contributed by atoms with Crippen LogP contribution >= 0.6 is 23.2 Å². The van der Waals surface area contributed by atoms with Crippen molar-refractivity contribution >= 4 is 34.8 Å². The number of nitrogens with zero attached hydrogens (tertiary/aromatic N) is 1. The third-order valence-electron chi connectivity index (χ3n) is 4.68. The normalized spacial score (nSPS) is 16.0. The van der Waals surface area contributed by atoms with Gasteiger partial charge in [-0.1, -0.05) is 42.3 Å². The first-order valence-corrected chi connectivity index (χ1v) is 9.34. The van der Waals surface area contributed by atoms with Crippen LogP contribution in [0.5, 0.6) is 0 Å². The molecule has 1 aliphatic rings. The lowest BCUT2D eigenvalue weighted by atomic mass is 9.99.